The molecule has 0 aliphatic carbocycles. The Morgan fingerprint density at radius 2 is 2.12 bits per heavy atom. The summed E-state index contributed by atoms with van der Waals surface area (Å²) in [6.07, 6.45) is 3.07. The Bertz CT molecular complexity index is 361. The topological polar surface area (TPSA) is 49.3 Å². The van der Waals surface area contributed by atoms with E-state index in [0.29, 0.717) is 5.56 Å². The molecule has 0 unspecified atom stereocenters. The smallest absolute Gasteiger partial charge is 0.337 e. The van der Waals surface area contributed by atoms with Crippen LogP contribution in [0.4, 0.5) is 5.69 Å². The van der Waals surface area contributed by atoms with Crippen LogP contribution in [0.1, 0.15) is 42.6 Å². The van der Waals surface area contributed by atoms with Gasteiger partial charge >= 0.3 is 5.97 Å². The molecule has 0 saturated heterocycles. The van der Waals surface area contributed by atoms with E-state index in [9.17, 15) is 4.79 Å². The lowest BCUT2D eigenvalue weighted by molar-refractivity contribution is 0.0698. The van der Waals surface area contributed by atoms with Crippen LogP contribution in [0.5, 0.6) is 0 Å². The second-order valence-corrected chi connectivity index (χ2v) is 3.82. The average Bonchev–Trinajstić information content (AvgIpc) is 2.29. The van der Waals surface area contributed by atoms with Gasteiger partial charge in [-0.3, -0.25) is 0 Å². The van der Waals surface area contributed by atoms with E-state index in [4.69, 9.17) is 5.11 Å². The summed E-state index contributed by atoms with van der Waals surface area (Å²) in [5, 5.41) is 12.2. The third-order valence-corrected chi connectivity index (χ3v) is 2.57. The van der Waals surface area contributed by atoms with Gasteiger partial charge in [0.25, 0.3) is 0 Å². The number of aromatic carboxylic acids is 1. The number of benzene rings is 1. The fraction of sp³-hybridized carbons (Fsp3) is 0.462. The molecular formula is C13H19NO2. The summed E-state index contributed by atoms with van der Waals surface area (Å²) in [6.45, 7) is 5.00. The van der Waals surface area contributed by atoms with Gasteiger partial charge in [0, 0.05) is 12.2 Å². The van der Waals surface area contributed by atoms with Gasteiger partial charge in [0.15, 0.2) is 0 Å². The first-order valence-electron chi connectivity index (χ1n) is 5.79. The molecule has 0 atom stereocenters. The molecule has 88 valence electrons. The van der Waals surface area contributed by atoms with E-state index in [1.807, 2.05) is 12.1 Å². The Morgan fingerprint density at radius 1 is 1.38 bits per heavy atom. The van der Waals surface area contributed by atoms with Crippen molar-refractivity contribution >= 4 is 11.7 Å². The molecule has 0 bridgehead atoms. The van der Waals surface area contributed by atoms with Crippen LogP contribution in [0.25, 0.3) is 0 Å². The number of anilines is 1. The van der Waals surface area contributed by atoms with Crippen molar-refractivity contribution in [2.24, 2.45) is 0 Å². The molecule has 0 aliphatic heterocycles. The van der Waals surface area contributed by atoms with Crippen LogP contribution in [0.3, 0.4) is 0 Å². The molecule has 0 aliphatic rings. The van der Waals surface area contributed by atoms with Gasteiger partial charge in [-0.1, -0.05) is 26.3 Å². The predicted octanol–water partition coefficient (Wildman–Crippen LogP) is 3.16. The third kappa shape index (κ3) is 3.26. The SMILES string of the molecule is CCCCNc1cc(CC)ccc1C(=O)O. The molecule has 3 heteroatoms. The second kappa shape index (κ2) is 6.16. The van der Waals surface area contributed by atoms with Gasteiger partial charge in [-0.25, -0.2) is 4.79 Å². The van der Waals surface area contributed by atoms with Gasteiger partial charge in [-0.2, -0.15) is 0 Å². The Hall–Kier alpha value is -1.51. The summed E-state index contributed by atoms with van der Waals surface area (Å²) in [4.78, 5) is 11.0. The molecule has 0 saturated carbocycles. The first-order chi connectivity index (χ1) is 7.69. The van der Waals surface area contributed by atoms with Crippen molar-refractivity contribution in [1.82, 2.24) is 0 Å². The first-order valence-corrected chi connectivity index (χ1v) is 5.79. The summed E-state index contributed by atoms with van der Waals surface area (Å²) < 4.78 is 0. The molecule has 0 fully saturated rings. The fourth-order valence-electron chi connectivity index (χ4n) is 1.54. The van der Waals surface area contributed by atoms with Crippen LogP contribution in [0.2, 0.25) is 0 Å². The number of hydrogen-bond donors (Lipinski definition) is 2. The lowest BCUT2D eigenvalue weighted by Gasteiger charge is -2.10. The number of aryl methyl sites for hydroxylation is 1. The zero-order valence-corrected chi connectivity index (χ0v) is 9.92. The standard InChI is InChI=1S/C13H19NO2/c1-3-5-8-14-12-9-10(4-2)6-7-11(12)13(15)16/h6-7,9,14H,3-5,8H2,1-2H3,(H,15,16). The molecule has 0 heterocycles. The summed E-state index contributed by atoms with van der Waals surface area (Å²) in [6, 6.07) is 5.48. The molecule has 1 aromatic carbocycles. The summed E-state index contributed by atoms with van der Waals surface area (Å²) >= 11 is 0. The number of unbranched alkanes of at least 4 members (excludes halogenated alkanes) is 1. The van der Waals surface area contributed by atoms with Crippen molar-refractivity contribution in [3.63, 3.8) is 0 Å². The highest BCUT2D eigenvalue weighted by molar-refractivity contribution is 5.94. The third-order valence-electron chi connectivity index (χ3n) is 2.57. The summed E-state index contributed by atoms with van der Waals surface area (Å²) in [7, 11) is 0. The molecule has 1 aromatic rings. The molecule has 1 rings (SSSR count). The van der Waals surface area contributed by atoms with Crippen molar-refractivity contribution in [2.45, 2.75) is 33.1 Å². The zero-order valence-electron chi connectivity index (χ0n) is 9.92. The van der Waals surface area contributed by atoms with E-state index in [0.717, 1.165) is 37.1 Å². The maximum Gasteiger partial charge on any atom is 0.337 e. The fourth-order valence-corrected chi connectivity index (χ4v) is 1.54. The van der Waals surface area contributed by atoms with Crippen LogP contribution < -0.4 is 5.32 Å². The largest absolute Gasteiger partial charge is 0.478 e. The molecule has 0 radical (unpaired) electrons. The van der Waals surface area contributed by atoms with E-state index in [-0.39, 0.29) is 0 Å². The Kier molecular flexibility index (Phi) is 4.83. The summed E-state index contributed by atoms with van der Waals surface area (Å²) in [5.74, 6) is -0.873. The van der Waals surface area contributed by atoms with Gasteiger partial charge in [-0.15, -0.1) is 0 Å². The van der Waals surface area contributed by atoms with Gasteiger partial charge in [0.05, 0.1) is 5.56 Å². The minimum absolute atomic E-state index is 0.355. The second-order valence-electron chi connectivity index (χ2n) is 3.82. The van der Waals surface area contributed by atoms with E-state index in [1.54, 1.807) is 6.07 Å². The summed E-state index contributed by atoms with van der Waals surface area (Å²) in [5.41, 5.74) is 2.25. The van der Waals surface area contributed by atoms with Gasteiger partial charge in [-0.05, 0) is 30.5 Å². The number of carboxylic acid groups (broad SMARTS) is 1. The highest BCUT2D eigenvalue weighted by atomic mass is 16.4. The minimum Gasteiger partial charge on any atom is -0.478 e. The maximum absolute atomic E-state index is 11.0. The zero-order chi connectivity index (χ0) is 12.0. The van der Waals surface area contributed by atoms with Gasteiger partial charge < -0.3 is 10.4 Å². The number of carboxylic acids is 1. The maximum atomic E-state index is 11.0. The van der Waals surface area contributed by atoms with Crippen molar-refractivity contribution in [2.75, 3.05) is 11.9 Å². The molecule has 16 heavy (non-hydrogen) atoms. The average molecular weight is 221 g/mol. The minimum atomic E-state index is -0.873. The molecule has 0 spiro atoms. The highest BCUT2D eigenvalue weighted by Crippen LogP contribution is 2.18. The molecule has 0 aromatic heterocycles. The normalized spacial score (nSPS) is 10.1. The lowest BCUT2D eigenvalue weighted by Crippen LogP contribution is -2.08. The molecular weight excluding hydrogens is 202 g/mol. The Balaban J connectivity index is 2.87. The van der Waals surface area contributed by atoms with E-state index in [2.05, 4.69) is 19.2 Å². The monoisotopic (exact) mass is 221 g/mol. The number of rotatable bonds is 6. The van der Waals surface area contributed by atoms with Crippen LogP contribution in [-0.2, 0) is 6.42 Å². The number of nitrogens with one attached hydrogen (secondary N) is 1. The Morgan fingerprint density at radius 3 is 2.69 bits per heavy atom. The highest BCUT2D eigenvalue weighted by Gasteiger charge is 2.09. The van der Waals surface area contributed by atoms with E-state index >= 15 is 0 Å². The molecule has 0 amide bonds. The lowest BCUT2D eigenvalue weighted by atomic mass is 10.1. The van der Waals surface area contributed by atoms with Crippen LogP contribution >= 0.6 is 0 Å². The van der Waals surface area contributed by atoms with Crippen LogP contribution in [0.15, 0.2) is 18.2 Å². The Labute approximate surface area is 96.5 Å². The van der Waals surface area contributed by atoms with Gasteiger partial charge in [0.1, 0.15) is 0 Å². The molecule has 2 N–H and O–H groups in total. The predicted molar refractivity (Wildman–Crippen MR) is 66.2 cm³/mol. The van der Waals surface area contributed by atoms with Crippen LogP contribution in [-0.4, -0.2) is 17.6 Å². The van der Waals surface area contributed by atoms with Crippen molar-refractivity contribution < 1.29 is 9.90 Å². The van der Waals surface area contributed by atoms with E-state index in [1.165, 1.54) is 0 Å². The van der Waals surface area contributed by atoms with Crippen molar-refractivity contribution in [3.05, 3.63) is 29.3 Å². The number of hydrogen-bond acceptors (Lipinski definition) is 2. The first kappa shape index (κ1) is 12.6. The quantitative estimate of drug-likeness (QED) is 0.725. The van der Waals surface area contributed by atoms with E-state index < -0.39 is 5.97 Å². The van der Waals surface area contributed by atoms with Crippen LogP contribution in [0, 0.1) is 0 Å². The number of carbonyl (C=O) groups is 1. The van der Waals surface area contributed by atoms with Crippen molar-refractivity contribution in [1.29, 1.82) is 0 Å². The van der Waals surface area contributed by atoms with Crippen molar-refractivity contribution in [3.8, 4) is 0 Å². The molecule has 3 nitrogen and oxygen atoms in total. The van der Waals surface area contributed by atoms with Gasteiger partial charge in [0.2, 0.25) is 0 Å².